The van der Waals surface area contributed by atoms with Crippen molar-refractivity contribution in [3.05, 3.63) is 0 Å². The quantitative estimate of drug-likeness (QED) is 0.219. The molecule has 0 aromatic heterocycles. The van der Waals surface area contributed by atoms with Crippen LogP contribution in [0, 0.1) is 0 Å². The molecular formula is C18H34NNaO7S. The van der Waals surface area contributed by atoms with E-state index in [4.69, 9.17) is 14.2 Å². The monoisotopic (exact) mass is 431 g/mol. The molecule has 160 valence electrons. The van der Waals surface area contributed by atoms with E-state index >= 15 is 0 Å². The molecule has 0 saturated carbocycles. The van der Waals surface area contributed by atoms with Crippen LogP contribution in [-0.4, -0.2) is 57.0 Å². The zero-order chi connectivity index (χ0) is 20.0. The van der Waals surface area contributed by atoms with Gasteiger partial charge in [0.1, 0.15) is 12.7 Å². The smallest absolute Gasteiger partial charge is 0.748 e. The van der Waals surface area contributed by atoms with E-state index in [1.165, 1.54) is 44.9 Å². The fourth-order valence-electron chi connectivity index (χ4n) is 2.85. The summed E-state index contributed by atoms with van der Waals surface area (Å²) in [5, 5.41) is 2.40. The van der Waals surface area contributed by atoms with Crippen molar-refractivity contribution in [2.75, 3.05) is 25.5 Å². The van der Waals surface area contributed by atoms with Gasteiger partial charge in [0.05, 0.1) is 16.7 Å². The van der Waals surface area contributed by atoms with E-state index in [0.29, 0.717) is 6.61 Å². The summed E-state index contributed by atoms with van der Waals surface area (Å²) in [6, 6.07) is 0. The fourth-order valence-corrected chi connectivity index (χ4v) is 3.35. The maximum absolute atomic E-state index is 11.5. The number of amides is 1. The van der Waals surface area contributed by atoms with Crippen LogP contribution < -0.4 is 34.9 Å². The van der Waals surface area contributed by atoms with Gasteiger partial charge in [0.15, 0.2) is 6.29 Å². The van der Waals surface area contributed by atoms with Gasteiger partial charge in [-0.1, -0.05) is 51.9 Å². The molecule has 28 heavy (non-hydrogen) atoms. The van der Waals surface area contributed by atoms with Crippen molar-refractivity contribution < 1.29 is 61.5 Å². The number of unbranched alkanes of at least 4 members (excludes halogenated alkanes) is 7. The molecule has 1 aliphatic heterocycles. The molecule has 2 unspecified atom stereocenters. The van der Waals surface area contributed by atoms with E-state index in [1.807, 2.05) is 0 Å². The third-order valence-electron chi connectivity index (χ3n) is 4.35. The van der Waals surface area contributed by atoms with E-state index in [9.17, 15) is 17.8 Å². The van der Waals surface area contributed by atoms with Crippen molar-refractivity contribution in [1.29, 1.82) is 0 Å². The van der Waals surface area contributed by atoms with Crippen LogP contribution in [0.3, 0.4) is 0 Å². The van der Waals surface area contributed by atoms with Crippen molar-refractivity contribution in [2.45, 2.75) is 83.5 Å². The third kappa shape index (κ3) is 16.0. The molecule has 1 saturated heterocycles. The Balaban J connectivity index is 0.00000729. The minimum atomic E-state index is -4.25. The van der Waals surface area contributed by atoms with Gasteiger partial charge in [-0.3, -0.25) is 0 Å². The van der Waals surface area contributed by atoms with Crippen LogP contribution in [0.5, 0.6) is 0 Å². The molecule has 0 aromatic carbocycles. The number of alkyl carbamates (subject to hydrolysis) is 1. The summed E-state index contributed by atoms with van der Waals surface area (Å²) >= 11 is 0. The zero-order valence-corrected chi connectivity index (χ0v) is 20.1. The SMILES string of the molecule is CCCCCCCCCCC1OCC(COC(=O)NCCCS(=O)(=O)[O-])O1.[Na+]. The van der Waals surface area contributed by atoms with Gasteiger partial charge in [0, 0.05) is 12.3 Å². The van der Waals surface area contributed by atoms with Gasteiger partial charge in [-0.2, -0.15) is 0 Å². The molecule has 0 aromatic rings. The first-order chi connectivity index (χ1) is 12.9. The van der Waals surface area contributed by atoms with Gasteiger partial charge in [-0.05, 0) is 19.3 Å². The number of carbonyl (C=O) groups is 1. The summed E-state index contributed by atoms with van der Waals surface area (Å²) in [5.74, 6) is -0.507. The van der Waals surface area contributed by atoms with Gasteiger partial charge >= 0.3 is 35.7 Å². The average molecular weight is 432 g/mol. The number of ether oxygens (including phenoxy) is 3. The number of carbonyl (C=O) groups excluding carboxylic acids is 1. The minimum absolute atomic E-state index is 0. The van der Waals surface area contributed by atoms with Crippen LogP contribution in [0.1, 0.15) is 71.1 Å². The van der Waals surface area contributed by atoms with Crippen LogP contribution in [-0.2, 0) is 24.3 Å². The summed E-state index contributed by atoms with van der Waals surface area (Å²) in [6.45, 7) is 2.77. The Kier molecular flexibility index (Phi) is 16.9. The average Bonchev–Trinajstić information content (AvgIpc) is 3.06. The number of rotatable bonds is 15. The molecular weight excluding hydrogens is 397 g/mol. The minimum Gasteiger partial charge on any atom is -0.748 e. The first-order valence-electron chi connectivity index (χ1n) is 10.0. The molecule has 2 atom stereocenters. The standard InChI is InChI=1S/C18H35NO7S.Na/c1-2-3-4-5-6-7-8-9-11-17-24-14-16(26-17)15-25-18(20)19-12-10-13-27(21,22)23;/h16-17H,2-15H2,1H3,(H,19,20)(H,21,22,23);/q;+1/p-1. The first-order valence-corrected chi connectivity index (χ1v) is 11.6. The summed E-state index contributed by atoms with van der Waals surface area (Å²) in [7, 11) is -4.25. The summed E-state index contributed by atoms with van der Waals surface area (Å²) in [5.41, 5.74) is 0. The van der Waals surface area contributed by atoms with Crippen molar-refractivity contribution in [2.24, 2.45) is 0 Å². The fraction of sp³-hybridized carbons (Fsp3) is 0.944. The normalized spacial score (nSPS) is 19.2. The Morgan fingerprint density at radius 1 is 1.11 bits per heavy atom. The largest absolute Gasteiger partial charge is 1.00 e. The second kappa shape index (κ2) is 16.8. The number of nitrogens with one attached hydrogen (secondary N) is 1. The molecule has 1 rings (SSSR count). The second-order valence-electron chi connectivity index (χ2n) is 6.93. The zero-order valence-electron chi connectivity index (χ0n) is 17.3. The van der Waals surface area contributed by atoms with Gasteiger partial charge in [-0.15, -0.1) is 0 Å². The van der Waals surface area contributed by atoms with Crippen LogP contribution in [0.15, 0.2) is 0 Å². The molecule has 1 amide bonds. The topological polar surface area (TPSA) is 114 Å². The van der Waals surface area contributed by atoms with E-state index in [1.54, 1.807) is 0 Å². The molecule has 1 N–H and O–H groups in total. The van der Waals surface area contributed by atoms with Crippen LogP contribution >= 0.6 is 0 Å². The van der Waals surface area contributed by atoms with Crippen molar-refractivity contribution in [1.82, 2.24) is 5.32 Å². The van der Waals surface area contributed by atoms with Gasteiger partial charge in [0.25, 0.3) is 0 Å². The molecule has 8 nitrogen and oxygen atoms in total. The van der Waals surface area contributed by atoms with Gasteiger partial charge in [-0.25, -0.2) is 13.2 Å². The predicted molar refractivity (Wildman–Crippen MR) is 100 cm³/mol. The number of hydrogen-bond donors (Lipinski definition) is 1. The van der Waals surface area contributed by atoms with Crippen LogP contribution in [0.25, 0.3) is 0 Å². The molecule has 1 heterocycles. The Hall–Kier alpha value is 0.1000. The Labute approximate surface area is 191 Å². The predicted octanol–water partition coefficient (Wildman–Crippen LogP) is -0.0758. The summed E-state index contributed by atoms with van der Waals surface area (Å²) in [4.78, 5) is 11.5. The Bertz CT molecular complexity index is 504. The van der Waals surface area contributed by atoms with Crippen LogP contribution in [0.4, 0.5) is 4.79 Å². The van der Waals surface area contributed by atoms with E-state index in [-0.39, 0.29) is 61.5 Å². The molecule has 0 radical (unpaired) electrons. The molecule has 0 spiro atoms. The summed E-state index contributed by atoms with van der Waals surface area (Å²) < 4.78 is 47.6. The van der Waals surface area contributed by atoms with E-state index < -0.39 is 22.0 Å². The van der Waals surface area contributed by atoms with Gasteiger partial charge < -0.3 is 24.1 Å². The molecule has 1 aliphatic rings. The molecule has 10 heteroatoms. The molecule has 0 bridgehead atoms. The summed E-state index contributed by atoms with van der Waals surface area (Å²) in [6.07, 6.45) is 9.77. The maximum atomic E-state index is 11.5. The first kappa shape index (κ1) is 28.1. The second-order valence-corrected chi connectivity index (χ2v) is 8.45. The molecule has 0 aliphatic carbocycles. The maximum Gasteiger partial charge on any atom is 1.00 e. The van der Waals surface area contributed by atoms with Crippen molar-refractivity contribution in [3.8, 4) is 0 Å². The third-order valence-corrected chi connectivity index (χ3v) is 5.14. The van der Waals surface area contributed by atoms with E-state index in [0.717, 1.165) is 12.8 Å². The Morgan fingerprint density at radius 2 is 1.75 bits per heavy atom. The Morgan fingerprint density at radius 3 is 2.39 bits per heavy atom. The van der Waals surface area contributed by atoms with Crippen LogP contribution in [0.2, 0.25) is 0 Å². The van der Waals surface area contributed by atoms with Crippen molar-refractivity contribution >= 4 is 16.2 Å². The number of hydrogen-bond acceptors (Lipinski definition) is 7. The van der Waals surface area contributed by atoms with E-state index in [2.05, 4.69) is 12.2 Å². The van der Waals surface area contributed by atoms with Gasteiger partial charge in [0.2, 0.25) is 0 Å². The molecule has 1 fully saturated rings. The van der Waals surface area contributed by atoms with Crippen molar-refractivity contribution in [3.63, 3.8) is 0 Å².